The Morgan fingerprint density at radius 1 is 1.53 bits per heavy atom. The monoisotopic (exact) mass is 216 g/mol. The second-order valence-electron chi connectivity index (χ2n) is 2.38. The molecule has 1 aromatic heterocycles. The Hall–Kier alpha value is -2.10. The fraction of sp³-hybridized carbons (Fsp3) is 0.125. The van der Waals surface area contributed by atoms with Gasteiger partial charge in [-0.1, -0.05) is 0 Å². The van der Waals surface area contributed by atoms with E-state index in [0.717, 1.165) is 6.07 Å². The number of hydrogen-bond acceptors (Lipinski definition) is 4. The number of ether oxygens (including phenoxy) is 1. The van der Waals surface area contributed by atoms with Crippen LogP contribution in [0.4, 0.5) is 13.2 Å². The van der Waals surface area contributed by atoms with E-state index in [0.29, 0.717) is 6.20 Å². The molecule has 0 radical (unpaired) electrons. The number of pyridine rings is 1. The first kappa shape index (κ1) is 11.0. The number of carbonyl (C=O) groups excluding carboxylic acids is 1. The molecule has 0 aromatic carbocycles. The normalized spacial score (nSPS) is 10.5. The largest absolute Gasteiger partial charge is 0.573 e. The van der Waals surface area contributed by atoms with Crippen LogP contribution in [0.3, 0.4) is 0 Å². The Morgan fingerprint density at radius 2 is 2.20 bits per heavy atom. The zero-order valence-corrected chi connectivity index (χ0v) is 7.08. The molecule has 0 fully saturated rings. The van der Waals surface area contributed by atoms with E-state index in [1.54, 1.807) is 6.07 Å². The van der Waals surface area contributed by atoms with Crippen molar-refractivity contribution in [2.45, 2.75) is 6.36 Å². The van der Waals surface area contributed by atoms with Gasteiger partial charge in [0.05, 0.1) is 11.8 Å². The van der Waals surface area contributed by atoms with E-state index in [9.17, 15) is 18.0 Å². The molecule has 0 unspecified atom stereocenters. The lowest BCUT2D eigenvalue weighted by atomic mass is 10.2. The van der Waals surface area contributed by atoms with Crippen molar-refractivity contribution in [3.63, 3.8) is 0 Å². The van der Waals surface area contributed by atoms with E-state index in [1.165, 1.54) is 0 Å². The third-order valence-electron chi connectivity index (χ3n) is 1.36. The van der Waals surface area contributed by atoms with Gasteiger partial charge < -0.3 is 4.74 Å². The van der Waals surface area contributed by atoms with Crippen LogP contribution in [-0.4, -0.2) is 17.6 Å². The van der Waals surface area contributed by atoms with Crippen LogP contribution < -0.4 is 4.74 Å². The van der Waals surface area contributed by atoms with Crippen molar-refractivity contribution in [3.8, 4) is 11.8 Å². The predicted octanol–water partition coefficient (Wildman–Crippen LogP) is 1.66. The quantitative estimate of drug-likeness (QED) is 0.705. The molecule has 0 saturated heterocycles. The van der Waals surface area contributed by atoms with Crippen molar-refractivity contribution in [1.29, 1.82) is 5.26 Å². The SMILES string of the molecule is N#Cc1cc(C=O)c(OC(F)(F)F)cn1. The average molecular weight is 216 g/mol. The summed E-state index contributed by atoms with van der Waals surface area (Å²) in [5.74, 6) is -0.725. The predicted molar refractivity (Wildman–Crippen MR) is 41.0 cm³/mol. The van der Waals surface area contributed by atoms with Gasteiger partial charge in [-0.25, -0.2) is 4.98 Å². The molecular formula is C8H3F3N2O2. The third-order valence-corrected chi connectivity index (χ3v) is 1.36. The molecule has 0 N–H and O–H groups in total. The van der Waals surface area contributed by atoms with Crippen molar-refractivity contribution in [2.75, 3.05) is 0 Å². The Bertz CT molecular complexity index is 423. The fourth-order valence-electron chi connectivity index (χ4n) is 0.822. The van der Waals surface area contributed by atoms with Crippen LogP contribution in [-0.2, 0) is 0 Å². The van der Waals surface area contributed by atoms with Crippen molar-refractivity contribution in [1.82, 2.24) is 4.98 Å². The average Bonchev–Trinajstić information content (AvgIpc) is 2.16. The van der Waals surface area contributed by atoms with Crippen LogP contribution in [0.5, 0.6) is 5.75 Å². The Labute approximate surface area is 81.9 Å². The molecule has 0 aliphatic heterocycles. The summed E-state index contributed by atoms with van der Waals surface area (Å²) < 4.78 is 38.9. The number of hydrogen-bond donors (Lipinski definition) is 0. The number of aldehydes is 1. The number of aromatic nitrogens is 1. The Kier molecular flexibility index (Phi) is 2.90. The van der Waals surface area contributed by atoms with E-state index < -0.39 is 12.1 Å². The summed E-state index contributed by atoms with van der Waals surface area (Å²) in [5.41, 5.74) is -0.537. The van der Waals surface area contributed by atoms with Crippen LogP contribution in [0.15, 0.2) is 12.3 Å². The van der Waals surface area contributed by atoms with Crippen molar-refractivity contribution >= 4 is 6.29 Å². The molecule has 1 aromatic rings. The fourth-order valence-corrected chi connectivity index (χ4v) is 0.822. The molecule has 7 heteroatoms. The molecule has 0 amide bonds. The molecule has 0 bridgehead atoms. The molecule has 0 saturated carbocycles. The molecule has 0 aliphatic carbocycles. The van der Waals surface area contributed by atoms with Crippen LogP contribution >= 0.6 is 0 Å². The lowest BCUT2D eigenvalue weighted by Gasteiger charge is -2.09. The summed E-state index contributed by atoms with van der Waals surface area (Å²) in [7, 11) is 0. The first-order chi connectivity index (χ1) is 6.96. The second kappa shape index (κ2) is 3.96. The minimum Gasteiger partial charge on any atom is -0.403 e. The summed E-state index contributed by atoms with van der Waals surface area (Å²) in [5, 5.41) is 8.39. The van der Waals surface area contributed by atoms with Crippen LogP contribution in [0.2, 0.25) is 0 Å². The van der Waals surface area contributed by atoms with Gasteiger partial charge in [-0.3, -0.25) is 4.79 Å². The molecule has 0 atom stereocenters. The van der Waals surface area contributed by atoms with Crippen LogP contribution in [0.1, 0.15) is 16.1 Å². The summed E-state index contributed by atoms with van der Waals surface area (Å²) in [4.78, 5) is 13.7. The lowest BCUT2D eigenvalue weighted by molar-refractivity contribution is -0.274. The number of nitriles is 1. The summed E-state index contributed by atoms with van der Waals surface area (Å²) in [6, 6.07) is 2.50. The molecule has 0 aliphatic rings. The van der Waals surface area contributed by atoms with Crippen molar-refractivity contribution in [2.24, 2.45) is 0 Å². The highest BCUT2D eigenvalue weighted by molar-refractivity contribution is 5.79. The summed E-state index contributed by atoms with van der Waals surface area (Å²) in [6.45, 7) is 0. The van der Waals surface area contributed by atoms with Crippen LogP contribution in [0.25, 0.3) is 0 Å². The number of halogens is 3. The second-order valence-corrected chi connectivity index (χ2v) is 2.38. The maximum absolute atomic E-state index is 11.8. The van der Waals surface area contributed by atoms with E-state index in [1.807, 2.05) is 0 Å². The number of carbonyl (C=O) groups is 1. The van der Waals surface area contributed by atoms with E-state index in [-0.39, 0.29) is 17.5 Å². The zero-order chi connectivity index (χ0) is 11.5. The van der Waals surface area contributed by atoms with Gasteiger partial charge in [0.2, 0.25) is 0 Å². The molecule has 78 valence electrons. The summed E-state index contributed by atoms with van der Waals surface area (Å²) in [6.07, 6.45) is -4.06. The van der Waals surface area contributed by atoms with Crippen molar-refractivity contribution in [3.05, 3.63) is 23.5 Å². The van der Waals surface area contributed by atoms with Gasteiger partial charge >= 0.3 is 6.36 Å². The molecular weight excluding hydrogens is 213 g/mol. The molecule has 4 nitrogen and oxygen atoms in total. The smallest absolute Gasteiger partial charge is 0.403 e. The van der Waals surface area contributed by atoms with Gasteiger partial charge in [-0.05, 0) is 6.07 Å². The Morgan fingerprint density at radius 3 is 2.67 bits per heavy atom. The maximum Gasteiger partial charge on any atom is 0.573 e. The Balaban J connectivity index is 3.10. The first-order valence-corrected chi connectivity index (χ1v) is 3.57. The number of alkyl halides is 3. The van der Waals surface area contributed by atoms with Gasteiger partial charge in [-0.2, -0.15) is 5.26 Å². The van der Waals surface area contributed by atoms with Gasteiger partial charge in [0.1, 0.15) is 11.8 Å². The molecule has 0 spiro atoms. The first-order valence-electron chi connectivity index (χ1n) is 3.57. The van der Waals surface area contributed by atoms with E-state index in [2.05, 4.69) is 9.72 Å². The van der Waals surface area contributed by atoms with E-state index >= 15 is 0 Å². The molecule has 1 heterocycles. The maximum atomic E-state index is 11.8. The molecule has 1 rings (SSSR count). The minimum absolute atomic E-state index is 0.156. The topological polar surface area (TPSA) is 63.0 Å². The van der Waals surface area contributed by atoms with Crippen LogP contribution in [0, 0.1) is 11.3 Å². The van der Waals surface area contributed by atoms with Gasteiger partial charge in [-0.15, -0.1) is 13.2 Å². The third kappa shape index (κ3) is 2.95. The highest BCUT2D eigenvalue weighted by Gasteiger charge is 2.32. The van der Waals surface area contributed by atoms with E-state index in [4.69, 9.17) is 5.26 Å². The summed E-state index contributed by atoms with van der Waals surface area (Å²) >= 11 is 0. The number of rotatable bonds is 2. The zero-order valence-electron chi connectivity index (χ0n) is 7.08. The minimum atomic E-state index is -4.90. The van der Waals surface area contributed by atoms with Gasteiger partial charge in [0.15, 0.2) is 12.0 Å². The molecule has 15 heavy (non-hydrogen) atoms. The highest BCUT2D eigenvalue weighted by Crippen LogP contribution is 2.24. The lowest BCUT2D eigenvalue weighted by Crippen LogP contribution is -2.18. The highest BCUT2D eigenvalue weighted by atomic mass is 19.4. The standard InChI is InChI=1S/C8H3F3N2O2/c9-8(10,11)15-7-3-13-6(2-12)1-5(7)4-14/h1,3-4H. The van der Waals surface area contributed by atoms with Crippen molar-refractivity contribution < 1.29 is 22.7 Å². The van der Waals surface area contributed by atoms with Gasteiger partial charge in [0.25, 0.3) is 0 Å². The number of nitrogens with zero attached hydrogens (tertiary/aromatic N) is 2. The van der Waals surface area contributed by atoms with Gasteiger partial charge in [0, 0.05) is 0 Å².